The van der Waals surface area contributed by atoms with E-state index in [-0.39, 0.29) is 9.77 Å². The van der Waals surface area contributed by atoms with Crippen LogP contribution in [0.1, 0.15) is 42.8 Å². The second-order valence-corrected chi connectivity index (χ2v) is 9.38. The quantitative estimate of drug-likeness (QED) is 0.674. The SMILES string of the molecule is CCOc1ccc(OCC)c(NC(=O)c2sccc2S(=O)(=O)N2CCCCC2)c1. The Morgan fingerprint density at radius 3 is 2.52 bits per heavy atom. The zero-order valence-corrected chi connectivity index (χ0v) is 18.3. The summed E-state index contributed by atoms with van der Waals surface area (Å²) in [6.45, 7) is 5.63. The van der Waals surface area contributed by atoms with Gasteiger partial charge in [-0.05, 0) is 50.3 Å². The number of ether oxygens (including phenoxy) is 2. The summed E-state index contributed by atoms with van der Waals surface area (Å²) < 4.78 is 38.6. The summed E-state index contributed by atoms with van der Waals surface area (Å²) in [5.74, 6) is 0.616. The van der Waals surface area contributed by atoms with Gasteiger partial charge in [-0.2, -0.15) is 4.31 Å². The lowest BCUT2D eigenvalue weighted by atomic mass is 10.2. The van der Waals surface area contributed by atoms with Gasteiger partial charge in [0, 0.05) is 19.2 Å². The molecule has 0 aliphatic carbocycles. The number of rotatable bonds is 8. The van der Waals surface area contributed by atoms with E-state index in [0.29, 0.717) is 43.5 Å². The predicted octanol–water partition coefficient (Wildman–Crippen LogP) is 3.97. The van der Waals surface area contributed by atoms with Crippen molar-refractivity contribution in [1.82, 2.24) is 4.31 Å². The third kappa shape index (κ3) is 4.91. The van der Waals surface area contributed by atoms with Gasteiger partial charge in [0.1, 0.15) is 21.3 Å². The molecular formula is C20H26N2O5S2. The first-order valence-corrected chi connectivity index (χ1v) is 12.1. The second-order valence-electron chi connectivity index (χ2n) is 6.56. The van der Waals surface area contributed by atoms with Crippen molar-refractivity contribution in [2.45, 2.75) is 38.0 Å². The van der Waals surface area contributed by atoms with Crippen LogP contribution in [0.15, 0.2) is 34.5 Å². The average Bonchev–Trinajstić information content (AvgIpc) is 3.22. The van der Waals surface area contributed by atoms with Gasteiger partial charge in [0.2, 0.25) is 10.0 Å². The molecule has 1 aromatic carbocycles. The molecule has 0 unspecified atom stereocenters. The molecule has 1 saturated heterocycles. The maximum Gasteiger partial charge on any atom is 0.267 e. The number of sulfonamides is 1. The molecule has 1 amide bonds. The van der Waals surface area contributed by atoms with E-state index in [2.05, 4.69) is 5.32 Å². The largest absolute Gasteiger partial charge is 0.494 e. The van der Waals surface area contributed by atoms with E-state index < -0.39 is 15.9 Å². The average molecular weight is 439 g/mol. The number of benzene rings is 1. The first kappa shape index (κ1) is 21.6. The molecular weight excluding hydrogens is 412 g/mol. The fourth-order valence-electron chi connectivity index (χ4n) is 3.23. The molecule has 1 aromatic heterocycles. The smallest absolute Gasteiger partial charge is 0.267 e. The van der Waals surface area contributed by atoms with Gasteiger partial charge in [0.15, 0.2) is 0 Å². The van der Waals surface area contributed by atoms with Crippen molar-refractivity contribution in [1.29, 1.82) is 0 Å². The summed E-state index contributed by atoms with van der Waals surface area (Å²) in [4.78, 5) is 13.2. The van der Waals surface area contributed by atoms with E-state index in [1.165, 1.54) is 10.4 Å². The van der Waals surface area contributed by atoms with E-state index in [4.69, 9.17) is 9.47 Å². The van der Waals surface area contributed by atoms with Crippen LogP contribution in [0.5, 0.6) is 11.5 Å². The van der Waals surface area contributed by atoms with E-state index in [9.17, 15) is 13.2 Å². The van der Waals surface area contributed by atoms with Gasteiger partial charge in [0.25, 0.3) is 5.91 Å². The molecule has 1 N–H and O–H groups in total. The fraction of sp³-hybridized carbons (Fsp3) is 0.450. The van der Waals surface area contributed by atoms with Crippen LogP contribution >= 0.6 is 11.3 Å². The lowest BCUT2D eigenvalue weighted by Gasteiger charge is -2.25. The molecule has 0 bridgehead atoms. The van der Waals surface area contributed by atoms with E-state index in [1.807, 2.05) is 13.8 Å². The number of nitrogens with one attached hydrogen (secondary N) is 1. The summed E-state index contributed by atoms with van der Waals surface area (Å²) in [5, 5.41) is 4.43. The number of nitrogens with zero attached hydrogens (tertiary/aromatic N) is 1. The lowest BCUT2D eigenvalue weighted by molar-refractivity contribution is 0.102. The number of hydrogen-bond donors (Lipinski definition) is 1. The zero-order chi connectivity index (χ0) is 20.9. The Kier molecular flexibility index (Phi) is 7.15. The molecule has 0 atom stereocenters. The van der Waals surface area contributed by atoms with Gasteiger partial charge in [-0.25, -0.2) is 8.42 Å². The molecule has 0 spiro atoms. The molecule has 0 saturated carbocycles. The first-order chi connectivity index (χ1) is 14.0. The van der Waals surface area contributed by atoms with Crippen molar-refractivity contribution in [2.75, 3.05) is 31.6 Å². The van der Waals surface area contributed by atoms with Crippen LogP contribution < -0.4 is 14.8 Å². The fourth-order valence-corrected chi connectivity index (χ4v) is 6.05. The molecule has 2 aromatic rings. The highest BCUT2D eigenvalue weighted by Crippen LogP contribution is 2.32. The number of hydrogen-bond acceptors (Lipinski definition) is 6. The van der Waals surface area contributed by atoms with Gasteiger partial charge in [-0.3, -0.25) is 4.79 Å². The Balaban J connectivity index is 1.87. The summed E-state index contributed by atoms with van der Waals surface area (Å²) in [6, 6.07) is 6.67. The summed E-state index contributed by atoms with van der Waals surface area (Å²) in [5.41, 5.74) is 0.442. The van der Waals surface area contributed by atoms with Crippen molar-refractivity contribution >= 4 is 33.0 Å². The minimum atomic E-state index is -3.70. The molecule has 1 fully saturated rings. The van der Waals surface area contributed by atoms with E-state index in [0.717, 1.165) is 30.6 Å². The van der Waals surface area contributed by atoms with Crippen LogP contribution in [0.4, 0.5) is 5.69 Å². The van der Waals surface area contributed by atoms with Crippen LogP contribution in [0.2, 0.25) is 0 Å². The van der Waals surface area contributed by atoms with Gasteiger partial charge < -0.3 is 14.8 Å². The molecule has 29 heavy (non-hydrogen) atoms. The number of anilines is 1. The van der Waals surface area contributed by atoms with Gasteiger partial charge in [-0.1, -0.05) is 6.42 Å². The minimum absolute atomic E-state index is 0.0563. The van der Waals surface area contributed by atoms with Crippen molar-refractivity contribution < 1.29 is 22.7 Å². The molecule has 3 rings (SSSR count). The van der Waals surface area contributed by atoms with Crippen LogP contribution in [-0.2, 0) is 10.0 Å². The highest BCUT2D eigenvalue weighted by atomic mass is 32.2. The monoisotopic (exact) mass is 438 g/mol. The van der Waals surface area contributed by atoms with Gasteiger partial charge >= 0.3 is 0 Å². The zero-order valence-electron chi connectivity index (χ0n) is 16.6. The van der Waals surface area contributed by atoms with Gasteiger partial charge in [-0.15, -0.1) is 11.3 Å². The van der Waals surface area contributed by atoms with Crippen LogP contribution in [0, 0.1) is 0 Å². The third-order valence-corrected chi connectivity index (χ3v) is 7.56. The Hall–Kier alpha value is -2.10. The van der Waals surface area contributed by atoms with Crippen LogP contribution in [-0.4, -0.2) is 44.9 Å². The highest BCUT2D eigenvalue weighted by Gasteiger charge is 2.31. The van der Waals surface area contributed by atoms with Crippen LogP contribution in [0.3, 0.4) is 0 Å². The summed E-state index contributed by atoms with van der Waals surface area (Å²) >= 11 is 1.11. The van der Waals surface area contributed by atoms with Crippen molar-refractivity contribution in [3.05, 3.63) is 34.5 Å². The molecule has 0 radical (unpaired) electrons. The number of carbonyl (C=O) groups is 1. The maximum atomic E-state index is 13.0. The predicted molar refractivity (Wildman–Crippen MR) is 114 cm³/mol. The molecule has 2 heterocycles. The Labute approximate surface area is 175 Å². The normalized spacial score (nSPS) is 15.1. The van der Waals surface area contributed by atoms with E-state index >= 15 is 0 Å². The molecule has 1 aliphatic rings. The Bertz CT molecular complexity index is 950. The molecule has 158 valence electrons. The molecule has 9 heteroatoms. The van der Waals surface area contributed by atoms with Crippen molar-refractivity contribution in [2.24, 2.45) is 0 Å². The molecule has 1 aliphatic heterocycles. The third-order valence-electron chi connectivity index (χ3n) is 4.58. The van der Waals surface area contributed by atoms with Crippen molar-refractivity contribution in [3.8, 4) is 11.5 Å². The maximum absolute atomic E-state index is 13.0. The number of thiophene rings is 1. The highest BCUT2D eigenvalue weighted by molar-refractivity contribution is 7.89. The van der Waals surface area contributed by atoms with Crippen molar-refractivity contribution in [3.63, 3.8) is 0 Å². The number of amides is 1. The first-order valence-electron chi connectivity index (χ1n) is 9.76. The summed E-state index contributed by atoms with van der Waals surface area (Å²) in [6.07, 6.45) is 2.71. The topological polar surface area (TPSA) is 84.9 Å². The van der Waals surface area contributed by atoms with Crippen LogP contribution in [0.25, 0.3) is 0 Å². The lowest BCUT2D eigenvalue weighted by Crippen LogP contribution is -2.36. The summed E-state index contributed by atoms with van der Waals surface area (Å²) in [7, 11) is -3.70. The second kappa shape index (κ2) is 9.60. The minimum Gasteiger partial charge on any atom is -0.494 e. The molecule has 7 nitrogen and oxygen atoms in total. The number of carbonyl (C=O) groups excluding carboxylic acids is 1. The Morgan fingerprint density at radius 1 is 1.10 bits per heavy atom. The standard InChI is InChI=1S/C20H26N2O5S2/c1-3-26-15-8-9-17(27-4-2)16(14-15)21-20(23)19-18(10-13-28-19)29(24,25)22-11-6-5-7-12-22/h8-10,13-14H,3-7,11-12H2,1-2H3,(H,21,23). The van der Waals surface area contributed by atoms with E-state index in [1.54, 1.807) is 23.6 Å². The van der Waals surface area contributed by atoms with Gasteiger partial charge in [0.05, 0.1) is 18.9 Å². The number of piperidine rings is 1. The Morgan fingerprint density at radius 2 is 1.83 bits per heavy atom.